The molecule has 3 rings (SSSR count). The predicted octanol–water partition coefficient (Wildman–Crippen LogP) is 0.983. The molecule has 0 amide bonds. The summed E-state index contributed by atoms with van der Waals surface area (Å²) in [5.74, 6) is 0.347. The molecule has 1 aliphatic heterocycles. The molecule has 0 spiro atoms. The molecule has 2 aromatic rings. The molecule has 0 aliphatic carbocycles. The third-order valence-corrected chi connectivity index (χ3v) is 5.07. The van der Waals surface area contributed by atoms with Gasteiger partial charge in [-0.05, 0) is 24.6 Å². The Balaban J connectivity index is 0.00000261. The number of benzene rings is 2. The van der Waals surface area contributed by atoms with Crippen LogP contribution in [0.25, 0.3) is 0 Å². The summed E-state index contributed by atoms with van der Waals surface area (Å²) in [6.07, 6.45) is 1.57. The van der Waals surface area contributed by atoms with Gasteiger partial charge < -0.3 is 37.9 Å². The van der Waals surface area contributed by atoms with Crippen molar-refractivity contribution in [1.82, 2.24) is 0 Å². The molecule has 5 heteroatoms. The Kier molecular flexibility index (Phi) is 8.10. The minimum absolute atomic E-state index is 0. The molecule has 2 unspecified atom stereocenters. The molecule has 4 nitrogen and oxygen atoms in total. The standard InChI is InChI=1S/C22H28NO3.HI/c1-18(25-20-13-7-4-8-14-20)22(24)26-21(19-11-5-3-6-12-19)17-23(2)15-9-10-16-23;/h3-8,11-14,18,21H,9-10,15-17H2,1-2H3;1H/q+1;/p-1. The van der Waals surface area contributed by atoms with Gasteiger partial charge >= 0.3 is 5.97 Å². The Hall–Kier alpha value is -1.60. The van der Waals surface area contributed by atoms with Gasteiger partial charge in [-0.3, -0.25) is 0 Å². The molecule has 1 aliphatic rings. The lowest BCUT2D eigenvalue weighted by Crippen LogP contribution is -3.00. The average Bonchev–Trinajstić information content (AvgIpc) is 3.09. The molecule has 2 aromatic carbocycles. The lowest BCUT2D eigenvalue weighted by Gasteiger charge is -2.33. The SMILES string of the molecule is CC(Oc1ccccc1)C(=O)OC(C[N+]1(C)CCCC1)c1ccccc1.[I-]. The zero-order valence-corrected chi connectivity index (χ0v) is 18.2. The third kappa shape index (κ3) is 6.21. The summed E-state index contributed by atoms with van der Waals surface area (Å²) in [5.41, 5.74) is 1.04. The van der Waals surface area contributed by atoms with Crippen molar-refractivity contribution in [3.8, 4) is 5.75 Å². The molecule has 0 saturated carbocycles. The van der Waals surface area contributed by atoms with Gasteiger partial charge in [0, 0.05) is 12.8 Å². The maximum Gasteiger partial charge on any atom is 0.347 e. The van der Waals surface area contributed by atoms with E-state index in [9.17, 15) is 4.79 Å². The zero-order valence-electron chi connectivity index (χ0n) is 16.0. The summed E-state index contributed by atoms with van der Waals surface area (Å²) in [4.78, 5) is 12.7. The van der Waals surface area contributed by atoms with Crippen LogP contribution in [-0.4, -0.2) is 43.2 Å². The second kappa shape index (κ2) is 10.1. The molecule has 146 valence electrons. The van der Waals surface area contributed by atoms with Crippen LogP contribution in [0.15, 0.2) is 60.7 Å². The lowest BCUT2D eigenvalue weighted by atomic mass is 10.1. The van der Waals surface area contributed by atoms with Gasteiger partial charge in [-0.25, -0.2) is 4.79 Å². The Morgan fingerprint density at radius 3 is 2.15 bits per heavy atom. The van der Waals surface area contributed by atoms with Gasteiger partial charge in [-0.1, -0.05) is 48.5 Å². The number of hydrogen-bond donors (Lipinski definition) is 0. The normalized spacial score (nSPS) is 17.4. The van der Waals surface area contributed by atoms with Crippen molar-refractivity contribution in [3.05, 3.63) is 66.2 Å². The molecule has 0 radical (unpaired) electrons. The van der Waals surface area contributed by atoms with Crippen LogP contribution in [0.1, 0.15) is 31.4 Å². The number of likely N-dealkylation sites (N-methyl/N-ethyl adjacent to an activating group) is 1. The smallest absolute Gasteiger partial charge is 0.347 e. The molecule has 27 heavy (non-hydrogen) atoms. The van der Waals surface area contributed by atoms with E-state index in [1.807, 2.05) is 60.7 Å². The van der Waals surface area contributed by atoms with Crippen molar-refractivity contribution >= 4 is 5.97 Å². The summed E-state index contributed by atoms with van der Waals surface area (Å²) in [7, 11) is 2.25. The summed E-state index contributed by atoms with van der Waals surface area (Å²) < 4.78 is 12.6. The predicted molar refractivity (Wildman–Crippen MR) is 102 cm³/mol. The van der Waals surface area contributed by atoms with Crippen molar-refractivity contribution in [2.75, 3.05) is 26.7 Å². The first-order valence-corrected chi connectivity index (χ1v) is 9.36. The van der Waals surface area contributed by atoms with Gasteiger partial charge in [0.2, 0.25) is 0 Å². The number of likely N-dealkylation sites (tertiary alicyclic amines) is 1. The summed E-state index contributed by atoms with van der Waals surface area (Å²) in [6.45, 7) is 4.81. The van der Waals surface area contributed by atoms with Gasteiger partial charge in [0.15, 0.2) is 12.2 Å². The minimum atomic E-state index is -0.646. The number of para-hydroxylation sites is 1. The summed E-state index contributed by atoms with van der Waals surface area (Å²) in [6, 6.07) is 19.4. The minimum Gasteiger partial charge on any atom is -1.00 e. The lowest BCUT2D eigenvalue weighted by molar-refractivity contribution is -0.901. The molecule has 1 fully saturated rings. The van der Waals surface area contributed by atoms with Gasteiger partial charge in [0.25, 0.3) is 0 Å². The van der Waals surface area contributed by atoms with Gasteiger partial charge in [-0.2, -0.15) is 0 Å². The molecule has 0 aromatic heterocycles. The van der Waals surface area contributed by atoms with E-state index in [0.717, 1.165) is 29.7 Å². The van der Waals surface area contributed by atoms with Crippen molar-refractivity contribution in [2.45, 2.75) is 32.0 Å². The maximum absolute atomic E-state index is 12.7. The average molecular weight is 481 g/mol. The Bertz CT molecular complexity index is 702. The number of quaternary nitrogens is 1. The topological polar surface area (TPSA) is 35.5 Å². The summed E-state index contributed by atoms with van der Waals surface area (Å²) >= 11 is 0. The van der Waals surface area contributed by atoms with E-state index in [0.29, 0.717) is 5.75 Å². The van der Waals surface area contributed by atoms with Crippen molar-refractivity contribution in [1.29, 1.82) is 0 Å². The van der Waals surface area contributed by atoms with Crippen LogP contribution in [0.4, 0.5) is 0 Å². The highest BCUT2D eigenvalue weighted by Crippen LogP contribution is 2.26. The zero-order chi connectivity index (χ0) is 18.4. The second-order valence-electron chi connectivity index (χ2n) is 7.37. The van der Waals surface area contributed by atoms with Crippen LogP contribution in [0, 0.1) is 0 Å². The van der Waals surface area contributed by atoms with E-state index < -0.39 is 6.10 Å². The summed E-state index contributed by atoms with van der Waals surface area (Å²) in [5, 5.41) is 0. The second-order valence-corrected chi connectivity index (χ2v) is 7.37. The monoisotopic (exact) mass is 481 g/mol. The van der Waals surface area contributed by atoms with E-state index >= 15 is 0 Å². The van der Waals surface area contributed by atoms with E-state index in [4.69, 9.17) is 9.47 Å². The van der Waals surface area contributed by atoms with E-state index in [2.05, 4.69) is 7.05 Å². The first-order valence-electron chi connectivity index (χ1n) is 9.36. The number of halogens is 1. The van der Waals surface area contributed by atoms with Crippen molar-refractivity contribution in [3.63, 3.8) is 0 Å². The molecule has 1 saturated heterocycles. The number of rotatable bonds is 7. The van der Waals surface area contributed by atoms with Crippen LogP contribution in [0.2, 0.25) is 0 Å². The molecular weight excluding hydrogens is 453 g/mol. The van der Waals surface area contributed by atoms with E-state index in [-0.39, 0.29) is 36.0 Å². The fourth-order valence-electron chi connectivity index (χ4n) is 3.55. The van der Waals surface area contributed by atoms with Gasteiger partial charge in [0.1, 0.15) is 12.3 Å². The van der Waals surface area contributed by atoms with Crippen molar-refractivity contribution in [2.24, 2.45) is 0 Å². The number of ether oxygens (including phenoxy) is 2. The van der Waals surface area contributed by atoms with Crippen molar-refractivity contribution < 1.29 is 42.7 Å². The quantitative estimate of drug-likeness (QED) is 0.336. The Morgan fingerprint density at radius 2 is 1.56 bits per heavy atom. The van der Waals surface area contributed by atoms with Crippen LogP contribution in [0.5, 0.6) is 5.75 Å². The number of carbonyl (C=O) groups is 1. The number of nitrogens with zero attached hydrogens (tertiary/aromatic N) is 1. The number of hydrogen-bond acceptors (Lipinski definition) is 3. The van der Waals surface area contributed by atoms with E-state index in [1.165, 1.54) is 12.8 Å². The molecule has 0 bridgehead atoms. The number of carbonyl (C=O) groups excluding carboxylic acids is 1. The highest BCUT2D eigenvalue weighted by atomic mass is 127. The maximum atomic E-state index is 12.7. The molecule has 1 heterocycles. The van der Waals surface area contributed by atoms with Gasteiger partial charge in [-0.15, -0.1) is 0 Å². The first kappa shape index (κ1) is 21.7. The largest absolute Gasteiger partial charge is 1.00 e. The Morgan fingerprint density at radius 1 is 1.00 bits per heavy atom. The fourth-order valence-corrected chi connectivity index (χ4v) is 3.55. The van der Waals surface area contributed by atoms with Crippen LogP contribution in [-0.2, 0) is 9.53 Å². The van der Waals surface area contributed by atoms with Gasteiger partial charge in [0.05, 0.1) is 20.1 Å². The third-order valence-electron chi connectivity index (χ3n) is 5.07. The molecule has 0 N–H and O–H groups in total. The van der Waals surface area contributed by atoms with E-state index in [1.54, 1.807) is 6.92 Å². The van der Waals surface area contributed by atoms with Crippen LogP contribution < -0.4 is 28.7 Å². The van der Waals surface area contributed by atoms with Crippen LogP contribution in [0.3, 0.4) is 0 Å². The molecular formula is C22H28INO3. The number of esters is 1. The Labute approximate surface area is 179 Å². The highest BCUT2D eigenvalue weighted by molar-refractivity contribution is 5.75. The van der Waals surface area contributed by atoms with Crippen LogP contribution >= 0.6 is 0 Å². The first-order chi connectivity index (χ1) is 12.6. The molecule has 2 atom stereocenters. The highest BCUT2D eigenvalue weighted by Gasteiger charge is 2.33. The fraction of sp³-hybridized carbons (Fsp3) is 0.409.